The molecule has 0 aromatic heterocycles. The van der Waals surface area contributed by atoms with Gasteiger partial charge in [-0.05, 0) is 36.0 Å². The van der Waals surface area contributed by atoms with Gasteiger partial charge in [-0.2, -0.15) is 0 Å². The van der Waals surface area contributed by atoms with Gasteiger partial charge in [0, 0.05) is 0 Å². The summed E-state index contributed by atoms with van der Waals surface area (Å²) in [5, 5.41) is 0. The third-order valence-electron chi connectivity index (χ3n) is 2.58. The van der Waals surface area contributed by atoms with Crippen LogP contribution in [-0.2, 0) is 19.3 Å². The van der Waals surface area contributed by atoms with Crippen molar-refractivity contribution < 1.29 is 0 Å². The smallest absolute Gasteiger partial charge is 0.0279 e. The first kappa shape index (κ1) is 10.3. The molecule has 0 aliphatic rings. The van der Waals surface area contributed by atoms with Crippen LogP contribution in [-0.4, -0.2) is 0 Å². The van der Waals surface area contributed by atoms with E-state index in [1.165, 1.54) is 30.4 Å². The summed E-state index contributed by atoms with van der Waals surface area (Å²) in [5.41, 5.74) is 4.56. The maximum Gasteiger partial charge on any atom is -0.0279 e. The third-order valence-corrected chi connectivity index (χ3v) is 2.58. The number of aryl methyl sites for hydroxylation is 3. The molecule has 0 aliphatic heterocycles. The highest BCUT2D eigenvalue weighted by Crippen LogP contribution is 2.15. The van der Waals surface area contributed by atoms with Gasteiger partial charge in [-0.25, -0.2) is 0 Å². The maximum atomic E-state index is 2.38. The van der Waals surface area contributed by atoms with Crippen LogP contribution in [0.15, 0.2) is 18.2 Å². The first-order valence-corrected chi connectivity index (χ1v) is 5.42. The second kappa shape index (κ2) is 5.06. The molecule has 13 heavy (non-hydrogen) atoms. The first-order chi connectivity index (χ1) is 6.31. The highest BCUT2D eigenvalue weighted by molar-refractivity contribution is 5.32. The second-order valence-electron chi connectivity index (χ2n) is 3.56. The molecule has 0 unspecified atom stereocenters. The van der Waals surface area contributed by atoms with Crippen molar-refractivity contribution in [3.63, 3.8) is 0 Å². The van der Waals surface area contributed by atoms with Gasteiger partial charge in [0.05, 0.1) is 0 Å². The van der Waals surface area contributed by atoms with Crippen LogP contribution in [0.4, 0.5) is 0 Å². The Morgan fingerprint density at radius 2 is 1.69 bits per heavy atom. The Bertz CT molecular complexity index is 261. The van der Waals surface area contributed by atoms with Gasteiger partial charge in [0.1, 0.15) is 0 Å². The van der Waals surface area contributed by atoms with Crippen molar-refractivity contribution in [1.82, 2.24) is 0 Å². The molecule has 0 nitrogen and oxygen atoms in total. The summed E-state index contributed by atoms with van der Waals surface area (Å²) in [5.74, 6) is 0. The molecule has 0 fully saturated rings. The standard InChI is InChI=1S/C13H20/c1-4-7-13-10-11(5-2)8-9-12(13)6-3/h8-10H,4-7H2,1-3H3. The second-order valence-corrected chi connectivity index (χ2v) is 3.56. The topological polar surface area (TPSA) is 0 Å². The Hall–Kier alpha value is -0.780. The zero-order valence-corrected chi connectivity index (χ0v) is 9.06. The van der Waals surface area contributed by atoms with Crippen molar-refractivity contribution in [2.75, 3.05) is 0 Å². The van der Waals surface area contributed by atoms with E-state index in [-0.39, 0.29) is 0 Å². The fourth-order valence-electron chi connectivity index (χ4n) is 1.75. The number of rotatable bonds is 4. The van der Waals surface area contributed by atoms with Gasteiger partial charge in [-0.3, -0.25) is 0 Å². The van der Waals surface area contributed by atoms with E-state index < -0.39 is 0 Å². The van der Waals surface area contributed by atoms with Crippen LogP contribution in [0.3, 0.4) is 0 Å². The largest absolute Gasteiger partial charge is 0.0651 e. The molecule has 0 heteroatoms. The SMILES string of the molecule is CCCc1cc(CC)ccc1CC. The van der Waals surface area contributed by atoms with Crippen molar-refractivity contribution >= 4 is 0 Å². The van der Waals surface area contributed by atoms with Crippen molar-refractivity contribution in [1.29, 1.82) is 0 Å². The normalized spacial score (nSPS) is 10.4. The Morgan fingerprint density at radius 1 is 0.923 bits per heavy atom. The maximum absolute atomic E-state index is 2.38. The first-order valence-electron chi connectivity index (χ1n) is 5.42. The molecule has 1 rings (SSSR count). The molecule has 0 saturated carbocycles. The lowest BCUT2D eigenvalue weighted by Crippen LogP contribution is -1.94. The highest BCUT2D eigenvalue weighted by atomic mass is 14.1. The monoisotopic (exact) mass is 176 g/mol. The van der Waals surface area contributed by atoms with E-state index in [1.807, 2.05) is 0 Å². The van der Waals surface area contributed by atoms with E-state index in [0.717, 1.165) is 6.42 Å². The molecule has 0 spiro atoms. The molecule has 1 aromatic carbocycles. The lowest BCUT2D eigenvalue weighted by Gasteiger charge is -2.08. The number of hydrogen-bond acceptors (Lipinski definition) is 0. The summed E-state index contributed by atoms with van der Waals surface area (Å²) >= 11 is 0. The third kappa shape index (κ3) is 2.58. The van der Waals surface area contributed by atoms with Crippen LogP contribution in [0, 0.1) is 0 Å². The van der Waals surface area contributed by atoms with Gasteiger partial charge in [-0.1, -0.05) is 45.4 Å². The van der Waals surface area contributed by atoms with Crippen molar-refractivity contribution in [3.8, 4) is 0 Å². The fourth-order valence-corrected chi connectivity index (χ4v) is 1.75. The summed E-state index contributed by atoms with van der Waals surface area (Å²) in [6.45, 7) is 6.70. The zero-order valence-electron chi connectivity index (χ0n) is 9.06. The molecular weight excluding hydrogens is 156 g/mol. The van der Waals surface area contributed by atoms with E-state index in [1.54, 1.807) is 5.56 Å². The summed E-state index contributed by atoms with van der Waals surface area (Å²) in [4.78, 5) is 0. The fraction of sp³-hybridized carbons (Fsp3) is 0.538. The summed E-state index contributed by atoms with van der Waals surface area (Å²) < 4.78 is 0. The van der Waals surface area contributed by atoms with Gasteiger partial charge in [0.25, 0.3) is 0 Å². The minimum Gasteiger partial charge on any atom is -0.0651 e. The van der Waals surface area contributed by atoms with Gasteiger partial charge in [0.15, 0.2) is 0 Å². The van der Waals surface area contributed by atoms with E-state index in [2.05, 4.69) is 39.0 Å². The van der Waals surface area contributed by atoms with Crippen molar-refractivity contribution in [2.24, 2.45) is 0 Å². The van der Waals surface area contributed by atoms with Gasteiger partial charge in [-0.15, -0.1) is 0 Å². The summed E-state index contributed by atoms with van der Waals surface area (Å²) in [6, 6.07) is 6.93. The van der Waals surface area contributed by atoms with Crippen LogP contribution in [0.25, 0.3) is 0 Å². The van der Waals surface area contributed by atoms with E-state index >= 15 is 0 Å². The van der Waals surface area contributed by atoms with Crippen LogP contribution in [0.2, 0.25) is 0 Å². The molecule has 0 amide bonds. The van der Waals surface area contributed by atoms with Crippen LogP contribution in [0.5, 0.6) is 0 Å². The molecule has 0 radical (unpaired) electrons. The summed E-state index contributed by atoms with van der Waals surface area (Å²) in [6.07, 6.45) is 4.80. The summed E-state index contributed by atoms with van der Waals surface area (Å²) in [7, 11) is 0. The molecule has 0 atom stereocenters. The van der Waals surface area contributed by atoms with Crippen molar-refractivity contribution in [2.45, 2.75) is 46.5 Å². The zero-order chi connectivity index (χ0) is 9.68. The Labute approximate surface area is 82.0 Å². The van der Waals surface area contributed by atoms with Crippen LogP contribution < -0.4 is 0 Å². The van der Waals surface area contributed by atoms with E-state index in [0.29, 0.717) is 0 Å². The Morgan fingerprint density at radius 3 is 2.23 bits per heavy atom. The average molecular weight is 176 g/mol. The quantitative estimate of drug-likeness (QED) is 0.655. The minimum atomic E-state index is 1.15. The Balaban J connectivity index is 2.95. The number of benzene rings is 1. The minimum absolute atomic E-state index is 1.15. The molecule has 1 aromatic rings. The number of hydrogen-bond donors (Lipinski definition) is 0. The molecule has 0 saturated heterocycles. The molecule has 0 bridgehead atoms. The molecule has 0 heterocycles. The van der Waals surface area contributed by atoms with E-state index in [4.69, 9.17) is 0 Å². The molecule has 72 valence electrons. The molecular formula is C13H20. The molecule has 0 N–H and O–H groups in total. The van der Waals surface area contributed by atoms with Crippen LogP contribution >= 0.6 is 0 Å². The van der Waals surface area contributed by atoms with E-state index in [9.17, 15) is 0 Å². The van der Waals surface area contributed by atoms with Gasteiger partial charge >= 0.3 is 0 Å². The predicted octanol–water partition coefficient (Wildman–Crippen LogP) is 3.76. The molecule has 0 aliphatic carbocycles. The van der Waals surface area contributed by atoms with Gasteiger partial charge in [0.2, 0.25) is 0 Å². The van der Waals surface area contributed by atoms with Crippen LogP contribution in [0.1, 0.15) is 43.9 Å². The average Bonchev–Trinajstić information content (AvgIpc) is 2.18. The predicted molar refractivity (Wildman–Crippen MR) is 59.2 cm³/mol. The van der Waals surface area contributed by atoms with Gasteiger partial charge < -0.3 is 0 Å². The highest BCUT2D eigenvalue weighted by Gasteiger charge is 2.00. The lowest BCUT2D eigenvalue weighted by atomic mass is 9.98. The lowest BCUT2D eigenvalue weighted by molar-refractivity contribution is 0.894. The van der Waals surface area contributed by atoms with Crippen molar-refractivity contribution in [3.05, 3.63) is 34.9 Å². The Kier molecular flexibility index (Phi) is 4.01.